The maximum Gasteiger partial charge on any atom is 0.130 e. The number of hydrogen-bond donors (Lipinski definition) is 2. The van der Waals surface area contributed by atoms with Crippen molar-refractivity contribution < 1.29 is 4.39 Å². The summed E-state index contributed by atoms with van der Waals surface area (Å²) < 4.78 is 16.8. The highest BCUT2D eigenvalue weighted by atomic mass is 32.2. The third-order valence-electron chi connectivity index (χ3n) is 2.46. The maximum absolute atomic E-state index is 13.7. The van der Waals surface area contributed by atoms with Crippen LogP contribution in [0.4, 0.5) is 10.1 Å². The Kier molecular flexibility index (Phi) is 4.42. The van der Waals surface area contributed by atoms with Gasteiger partial charge in [-0.2, -0.15) is 0 Å². The lowest BCUT2D eigenvalue weighted by Gasteiger charge is -2.15. The van der Waals surface area contributed by atoms with Crippen LogP contribution in [0.3, 0.4) is 0 Å². The van der Waals surface area contributed by atoms with Crippen LogP contribution in [0.25, 0.3) is 0 Å². The van der Waals surface area contributed by atoms with Gasteiger partial charge in [-0.05, 0) is 38.6 Å². The smallest absolute Gasteiger partial charge is 0.130 e. The number of hydrogen-bond acceptors (Lipinski definition) is 3. The zero-order chi connectivity index (χ0) is 11.4. The van der Waals surface area contributed by atoms with E-state index in [1.54, 1.807) is 6.07 Å². The zero-order valence-corrected chi connectivity index (χ0v) is 10.3. The fourth-order valence-electron chi connectivity index (χ4n) is 1.41. The summed E-state index contributed by atoms with van der Waals surface area (Å²) >= 11 is 1.47. The van der Waals surface area contributed by atoms with Gasteiger partial charge in [-0.25, -0.2) is 4.39 Å². The van der Waals surface area contributed by atoms with E-state index in [0.717, 1.165) is 11.3 Å². The molecule has 4 heteroatoms. The molecule has 0 aliphatic rings. The van der Waals surface area contributed by atoms with E-state index in [0.29, 0.717) is 5.56 Å². The molecule has 1 atom stereocenters. The number of aryl methyl sites for hydroxylation is 1. The molecule has 0 radical (unpaired) electrons. The molecular weight excluding hydrogens is 211 g/mol. The maximum atomic E-state index is 13.7. The van der Waals surface area contributed by atoms with Crippen molar-refractivity contribution in [3.8, 4) is 0 Å². The second kappa shape index (κ2) is 5.37. The van der Waals surface area contributed by atoms with E-state index in [1.165, 1.54) is 11.9 Å². The Hall–Kier alpha value is -0.740. The average Bonchev–Trinajstić information content (AvgIpc) is 2.22. The topological polar surface area (TPSA) is 24.1 Å². The third-order valence-corrected chi connectivity index (χ3v) is 2.88. The SMILES string of the molecule is CN[C@H](C)c1cc(C)c(NSC)cc1F. The highest BCUT2D eigenvalue weighted by Gasteiger charge is 2.11. The van der Waals surface area contributed by atoms with Crippen LogP contribution in [0.2, 0.25) is 0 Å². The number of rotatable bonds is 4. The molecule has 1 rings (SSSR count). The summed E-state index contributed by atoms with van der Waals surface area (Å²) in [6.45, 7) is 3.92. The largest absolute Gasteiger partial charge is 0.330 e. The highest BCUT2D eigenvalue weighted by Crippen LogP contribution is 2.25. The predicted octanol–water partition coefficient (Wildman–Crippen LogP) is 3.10. The lowest BCUT2D eigenvalue weighted by Crippen LogP contribution is -2.14. The first kappa shape index (κ1) is 12.3. The van der Waals surface area contributed by atoms with Crippen molar-refractivity contribution in [1.82, 2.24) is 5.32 Å². The van der Waals surface area contributed by atoms with E-state index in [2.05, 4.69) is 10.0 Å². The second-order valence-electron chi connectivity index (χ2n) is 3.51. The van der Waals surface area contributed by atoms with Crippen LogP contribution >= 0.6 is 11.9 Å². The molecule has 0 heterocycles. The van der Waals surface area contributed by atoms with Crippen molar-refractivity contribution >= 4 is 17.6 Å². The predicted molar refractivity (Wildman–Crippen MR) is 65.7 cm³/mol. The van der Waals surface area contributed by atoms with E-state index in [1.807, 2.05) is 33.2 Å². The molecule has 1 aromatic rings. The minimum absolute atomic E-state index is 0.0343. The fourth-order valence-corrected chi connectivity index (χ4v) is 1.85. The highest BCUT2D eigenvalue weighted by molar-refractivity contribution is 7.99. The molecule has 0 aliphatic heterocycles. The quantitative estimate of drug-likeness (QED) is 0.774. The van der Waals surface area contributed by atoms with E-state index in [9.17, 15) is 4.39 Å². The van der Waals surface area contributed by atoms with E-state index < -0.39 is 0 Å². The van der Waals surface area contributed by atoms with Crippen LogP contribution in [-0.4, -0.2) is 13.3 Å². The van der Waals surface area contributed by atoms with Gasteiger partial charge in [-0.1, -0.05) is 11.9 Å². The summed E-state index contributed by atoms with van der Waals surface area (Å²) in [6.07, 6.45) is 1.92. The molecule has 0 saturated heterocycles. The van der Waals surface area contributed by atoms with E-state index in [4.69, 9.17) is 0 Å². The Morgan fingerprint density at radius 1 is 1.40 bits per heavy atom. The van der Waals surface area contributed by atoms with Crippen LogP contribution in [0.15, 0.2) is 12.1 Å². The van der Waals surface area contributed by atoms with Crippen LogP contribution in [0.5, 0.6) is 0 Å². The van der Waals surface area contributed by atoms with E-state index >= 15 is 0 Å². The summed E-state index contributed by atoms with van der Waals surface area (Å²) in [6, 6.07) is 3.47. The van der Waals surface area contributed by atoms with Crippen LogP contribution < -0.4 is 10.0 Å². The Balaban J connectivity index is 3.07. The average molecular weight is 228 g/mol. The molecule has 0 fully saturated rings. The monoisotopic (exact) mass is 228 g/mol. The summed E-state index contributed by atoms with van der Waals surface area (Å²) in [5.41, 5.74) is 2.61. The van der Waals surface area contributed by atoms with Crippen molar-refractivity contribution in [2.24, 2.45) is 0 Å². The van der Waals surface area contributed by atoms with Gasteiger partial charge in [0, 0.05) is 23.5 Å². The minimum Gasteiger partial charge on any atom is -0.330 e. The van der Waals surface area contributed by atoms with Gasteiger partial charge in [-0.15, -0.1) is 0 Å². The molecule has 0 aromatic heterocycles. The van der Waals surface area contributed by atoms with Crippen molar-refractivity contribution in [2.45, 2.75) is 19.9 Å². The lowest BCUT2D eigenvalue weighted by atomic mass is 10.0. The van der Waals surface area contributed by atoms with Gasteiger partial charge in [0.1, 0.15) is 5.82 Å². The molecular formula is C11H17FN2S. The minimum atomic E-state index is -0.168. The van der Waals surface area contributed by atoms with Crippen LogP contribution in [0, 0.1) is 12.7 Å². The van der Waals surface area contributed by atoms with Crippen LogP contribution in [-0.2, 0) is 0 Å². The number of nitrogens with one attached hydrogen (secondary N) is 2. The van der Waals surface area contributed by atoms with Gasteiger partial charge in [0.05, 0.1) is 0 Å². The molecule has 0 unspecified atom stereocenters. The number of anilines is 1. The standard InChI is InChI=1S/C11H17FN2S/c1-7-5-9(8(2)13-3)10(12)6-11(7)14-15-4/h5-6,8,13-14H,1-4H3/t8-/m1/s1. The fraction of sp³-hybridized carbons (Fsp3) is 0.455. The molecule has 0 spiro atoms. The molecule has 0 aliphatic carbocycles. The molecule has 2 N–H and O–H groups in total. The molecule has 84 valence electrons. The van der Waals surface area contributed by atoms with Crippen molar-refractivity contribution in [3.63, 3.8) is 0 Å². The van der Waals surface area contributed by atoms with Crippen molar-refractivity contribution in [3.05, 3.63) is 29.1 Å². The molecule has 0 bridgehead atoms. The molecule has 0 saturated carbocycles. The van der Waals surface area contributed by atoms with Gasteiger partial charge >= 0.3 is 0 Å². The molecule has 1 aromatic carbocycles. The van der Waals surface area contributed by atoms with Gasteiger partial charge in [-0.3, -0.25) is 0 Å². The summed E-state index contributed by atoms with van der Waals surface area (Å²) in [7, 11) is 1.83. The van der Waals surface area contributed by atoms with E-state index in [-0.39, 0.29) is 11.9 Å². The first-order valence-electron chi connectivity index (χ1n) is 4.86. The van der Waals surface area contributed by atoms with Gasteiger partial charge in [0.15, 0.2) is 0 Å². The third kappa shape index (κ3) is 2.86. The molecule has 15 heavy (non-hydrogen) atoms. The number of halogens is 1. The number of benzene rings is 1. The first-order valence-corrected chi connectivity index (χ1v) is 6.09. The molecule has 2 nitrogen and oxygen atoms in total. The van der Waals surface area contributed by atoms with Crippen LogP contribution in [0.1, 0.15) is 24.1 Å². The zero-order valence-electron chi connectivity index (χ0n) is 9.52. The Morgan fingerprint density at radius 3 is 2.60 bits per heavy atom. The van der Waals surface area contributed by atoms with Gasteiger partial charge in [0.2, 0.25) is 0 Å². The van der Waals surface area contributed by atoms with Gasteiger partial charge < -0.3 is 10.0 Å². The van der Waals surface area contributed by atoms with Gasteiger partial charge in [0.25, 0.3) is 0 Å². The van der Waals surface area contributed by atoms with Crippen molar-refractivity contribution in [2.75, 3.05) is 18.0 Å². The molecule has 0 amide bonds. The Bertz CT molecular complexity index is 342. The Morgan fingerprint density at radius 2 is 2.07 bits per heavy atom. The first-order chi connectivity index (χ1) is 7.10. The lowest BCUT2D eigenvalue weighted by molar-refractivity contribution is 0.562. The second-order valence-corrected chi connectivity index (χ2v) is 4.12. The van der Waals surface area contributed by atoms with Crippen molar-refractivity contribution in [1.29, 1.82) is 0 Å². The summed E-state index contributed by atoms with van der Waals surface area (Å²) in [5, 5.41) is 3.04. The summed E-state index contributed by atoms with van der Waals surface area (Å²) in [4.78, 5) is 0. The Labute approximate surface area is 94.8 Å². The normalized spacial score (nSPS) is 12.6. The summed E-state index contributed by atoms with van der Waals surface area (Å²) in [5.74, 6) is -0.168.